The van der Waals surface area contributed by atoms with Crippen LogP contribution in [0.1, 0.15) is 30.5 Å². The number of rotatable bonds is 11. The molecule has 3 rings (SSSR count). The van der Waals surface area contributed by atoms with Crippen molar-refractivity contribution in [1.29, 1.82) is 0 Å². The maximum atomic E-state index is 13.5. The van der Waals surface area contributed by atoms with Gasteiger partial charge in [0.2, 0.25) is 5.75 Å². The van der Waals surface area contributed by atoms with Gasteiger partial charge in [-0.3, -0.25) is 9.69 Å². The smallest absolute Gasteiger partial charge is 0.252 e. The molecule has 0 N–H and O–H groups in total. The van der Waals surface area contributed by atoms with Gasteiger partial charge in [-0.15, -0.1) is 0 Å². The minimum Gasteiger partial charge on any atom is -0.493 e. The van der Waals surface area contributed by atoms with E-state index in [-0.39, 0.29) is 5.91 Å². The summed E-state index contributed by atoms with van der Waals surface area (Å²) in [6.07, 6.45) is 3.34. The van der Waals surface area contributed by atoms with E-state index in [1.54, 1.807) is 49.7 Å². The van der Waals surface area contributed by atoms with Crippen LogP contribution in [0.3, 0.4) is 0 Å². The van der Waals surface area contributed by atoms with E-state index in [0.717, 1.165) is 41.0 Å². The number of carbonyl (C=O) groups excluding carboxylic acids is 1. The highest BCUT2D eigenvalue weighted by molar-refractivity contribution is 7.22. The van der Waals surface area contributed by atoms with Gasteiger partial charge in [-0.1, -0.05) is 31.3 Å². The van der Waals surface area contributed by atoms with E-state index in [0.29, 0.717) is 28.9 Å². The first kappa shape index (κ1) is 26.5. The van der Waals surface area contributed by atoms with E-state index in [9.17, 15) is 4.79 Å². The molecular formula is C27H35N3O4S. The molecule has 0 saturated heterocycles. The lowest BCUT2D eigenvalue weighted by atomic mass is 10.1. The van der Waals surface area contributed by atoms with E-state index < -0.39 is 0 Å². The number of methoxy groups -OCH3 is 3. The second kappa shape index (κ2) is 12.0. The van der Waals surface area contributed by atoms with Gasteiger partial charge >= 0.3 is 0 Å². The topological polar surface area (TPSA) is 64.1 Å². The van der Waals surface area contributed by atoms with E-state index in [4.69, 9.17) is 19.2 Å². The van der Waals surface area contributed by atoms with Gasteiger partial charge in [0.25, 0.3) is 5.91 Å². The van der Waals surface area contributed by atoms with Gasteiger partial charge in [0.15, 0.2) is 16.6 Å². The fraction of sp³-hybridized carbons (Fsp3) is 0.407. The quantitative estimate of drug-likeness (QED) is 0.334. The summed E-state index contributed by atoms with van der Waals surface area (Å²) in [6.45, 7) is 11.6. The van der Waals surface area contributed by atoms with Crippen molar-refractivity contribution in [3.63, 3.8) is 0 Å². The molecule has 1 heterocycles. The molecule has 2 aromatic carbocycles. The monoisotopic (exact) mass is 497 g/mol. The molecule has 8 heteroatoms. The van der Waals surface area contributed by atoms with Crippen molar-refractivity contribution in [2.45, 2.75) is 27.7 Å². The lowest BCUT2D eigenvalue weighted by Crippen LogP contribution is -2.38. The van der Waals surface area contributed by atoms with E-state index >= 15 is 0 Å². The standard InChI is InChI=1S/C27H35N3O4S/c1-8-29(9-2)12-13-30(27-28-25-19(4)14-18(3)15-23(25)35-27)24(31)11-10-20-16-21(32-5)26(34-7)22(17-20)33-6/h10-11,14-17H,8-9,12-13H2,1-7H3/b11-10+. The molecular weight excluding hydrogens is 462 g/mol. The van der Waals surface area contributed by atoms with Crippen molar-refractivity contribution in [2.24, 2.45) is 0 Å². The number of nitrogens with zero attached hydrogens (tertiary/aromatic N) is 3. The molecule has 0 bridgehead atoms. The molecule has 3 aromatic rings. The van der Waals surface area contributed by atoms with E-state index in [1.807, 2.05) is 12.1 Å². The molecule has 35 heavy (non-hydrogen) atoms. The number of hydrogen-bond acceptors (Lipinski definition) is 7. The average Bonchev–Trinajstić information content (AvgIpc) is 3.28. The highest BCUT2D eigenvalue weighted by atomic mass is 32.1. The number of anilines is 1. The first-order chi connectivity index (χ1) is 16.8. The number of aryl methyl sites for hydroxylation is 2. The van der Waals surface area contributed by atoms with Gasteiger partial charge in [-0.25, -0.2) is 4.98 Å². The van der Waals surface area contributed by atoms with Gasteiger partial charge in [0.1, 0.15) is 0 Å². The number of hydrogen-bond donors (Lipinski definition) is 0. The zero-order valence-corrected chi connectivity index (χ0v) is 22.5. The Morgan fingerprint density at radius 1 is 0.971 bits per heavy atom. The molecule has 0 fully saturated rings. The predicted octanol–water partition coefficient (Wildman–Crippen LogP) is 5.33. The molecule has 1 aromatic heterocycles. The fourth-order valence-electron chi connectivity index (χ4n) is 4.01. The van der Waals surface area contributed by atoms with Gasteiger partial charge in [-0.2, -0.15) is 0 Å². The maximum absolute atomic E-state index is 13.5. The Balaban J connectivity index is 1.95. The molecule has 0 saturated carbocycles. The van der Waals surface area contributed by atoms with Crippen molar-refractivity contribution < 1.29 is 19.0 Å². The highest BCUT2D eigenvalue weighted by Crippen LogP contribution is 2.38. The molecule has 0 aliphatic carbocycles. The summed E-state index contributed by atoms with van der Waals surface area (Å²) in [5.74, 6) is 1.46. The lowest BCUT2D eigenvalue weighted by molar-refractivity contribution is -0.114. The third-order valence-electron chi connectivity index (χ3n) is 5.96. The Labute approximate surface area is 211 Å². The Morgan fingerprint density at radius 2 is 1.63 bits per heavy atom. The largest absolute Gasteiger partial charge is 0.493 e. The van der Waals surface area contributed by atoms with Crippen LogP contribution in [0, 0.1) is 13.8 Å². The van der Waals surface area contributed by atoms with Crippen LogP contribution in [-0.4, -0.2) is 63.3 Å². The first-order valence-corrected chi connectivity index (χ1v) is 12.6. The van der Waals surface area contributed by atoms with Crippen LogP contribution < -0.4 is 19.1 Å². The summed E-state index contributed by atoms with van der Waals surface area (Å²) in [7, 11) is 4.71. The van der Waals surface area contributed by atoms with Crippen LogP contribution in [-0.2, 0) is 4.79 Å². The third kappa shape index (κ3) is 6.13. The Bertz CT molecular complexity index is 1180. The van der Waals surface area contributed by atoms with E-state index in [1.165, 1.54) is 5.56 Å². The lowest BCUT2D eigenvalue weighted by Gasteiger charge is -2.23. The normalized spacial score (nSPS) is 11.4. The van der Waals surface area contributed by atoms with Crippen molar-refractivity contribution in [2.75, 3.05) is 52.4 Å². The molecule has 7 nitrogen and oxygen atoms in total. The predicted molar refractivity (Wildman–Crippen MR) is 144 cm³/mol. The number of likely N-dealkylation sites (N-methyl/N-ethyl adjacent to an activating group) is 1. The first-order valence-electron chi connectivity index (χ1n) is 11.7. The second-order valence-electron chi connectivity index (χ2n) is 8.23. The second-order valence-corrected chi connectivity index (χ2v) is 9.24. The van der Waals surface area contributed by atoms with Gasteiger partial charge in [-0.05, 0) is 67.9 Å². The zero-order valence-electron chi connectivity index (χ0n) is 21.7. The molecule has 0 aliphatic heterocycles. The zero-order chi connectivity index (χ0) is 25.5. The number of aromatic nitrogens is 1. The third-order valence-corrected chi connectivity index (χ3v) is 6.98. The van der Waals surface area contributed by atoms with Crippen LogP contribution in [0.2, 0.25) is 0 Å². The molecule has 0 atom stereocenters. The summed E-state index contributed by atoms with van der Waals surface area (Å²) in [6, 6.07) is 7.88. The molecule has 188 valence electrons. The van der Waals surface area contributed by atoms with Crippen LogP contribution in [0.25, 0.3) is 16.3 Å². The highest BCUT2D eigenvalue weighted by Gasteiger charge is 2.20. The Morgan fingerprint density at radius 3 is 2.20 bits per heavy atom. The summed E-state index contributed by atoms with van der Waals surface area (Å²) >= 11 is 1.55. The number of carbonyl (C=O) groups is 1. The van der Waals surface area contributed by atoms with Crippen LogP contribution in [0.5, 0.6) is 17.2 Å². The van der Waals surface area contributed by atoms with Crippen LogP contribution in [0.15, 0.2) is 30.3 Å². The minimum atomic E-state index is -0.126. The summed E-state index contributed by atoms with van der Waals surface area (Å²) in [5.41, 5.74) is 4.03. The van der Waals surface area contributed by atoms with Gasteiger partial charge in [0, 0.05) is 19.2 Å². The van der Waals surface area contributed by atoms with Crippen LogP contribution in [0.4, 0.5) is 5.13 Å². The molecule has 1 amide bonds. The average molecular weight is 498 g/mol. The molecule has 0 spiro atoms. The number of ether oxygens (including phenoxy) is 3. The van der Waals surface area contributed by atoms with Gasteiger partial charge in [0.05, 0.1) is 31.5 Å². The minimum absolute atomic E-state index is 0.126. The van der Waals surface area contributed by atoms with Gasteiger partial charge < -0.3 is 19.1 Å². The summed E-state index contributed by atoms with van der Waals surface area (Å²) in [5, 5.41) is 0.709. The van der Waals surface area contributed by atoms with Crippen molar-refractivity contribution in [3.8, 4) is 17.2 Å². The van der Waals surface area contributed by atoms with Crippen molar-refractivity contribution in [1.82, 2.24) is 9.88 Å². The number of fused-ring (bicyclic) bond motifs is 1. The number of thiazole rings is 1. The van der Waals surface area contributed by atoms with E-state index in [2.05, 4.69) is 44.7 Å². The summed E-state index contributed by atoms with van der Waals surface area (Å²) < 4.78 is 17.4. The Hall–Kier alpha value is -3.10. The van der Waals surface area contributed by atoms with Crippen LogP contribution >= 0.6 is 11.3 Å². The maximum Gasteiger partial charge on any atom is 0.252 e. The number of amides is 1. The molecule has 0 aliphatic rings. The number of benzene rings is 2. The van der Waals surface area contributed by atoms with Crippen molar-refractivity contribution in [3.05, 3.63) is 47.0 Å². The molecule has 0 radical (unpaired) electrons. The molecule has 0 unspecified atom stereocenters. The summed E-state index contributed by atoms with van der Waals surface area (Å²) in [4.78, 5) is 22.4. The fourth-order valence-corrected chi connectivity index (χ4v) is 5.18. The Kier molecular flexibility index (Phi) is 9.12. The SMILES string of the molecule is CCN(CC)CCN(C(=O)/C=C/c1cc(OC)c(OC)c(OC)c1)c1nc2c(C)cc(C)cc2s1. The van der Waals surface area contributed by atoms with Crippen molar-refractivity contribution >= 4 is 38.7 Å².